The quantitative estimate of drug-likeness (QED) is 0.369. The third kappa shape index (κ3) is 7.56. The molecule has 1 heterocycles. The summed E-state index contributed by atoms with van der Waals surface area (Å²) in [5, 5.41) is 6.37. The van der Waals surface area contributed by atoms with Gasteiger partial charge >= 0.3 is 6.18 Å². The highest BCUT2D eigenvalue weighted by atomic mass is 127. The Hall–Kier alpha value is -1.23. The van der Waals surface area contributed by atoms with Crippen molar-refractivity contribution in [3.05, 3.63) is 29.8 Å². The number of ether oxygens (including phenoxy) is 1. The molecule has 1 saturated heterocycles. The lowest BCUT2D eigenvalue weighted by Gasteiger charge is -2.19. The minimum absolute atomic E-state index is 0. The Balaban J connectivity index is 0.00000338. The fourth-order valence-electron chi connectivity index (χ4n) is 2.86. The molecule has 5 nitrogen and oxygen atoms in total. The van der Waals surface area contributed by atoms with Crippen molar-refractivity contribution in [3.8, 4) is 5.75 Å². The lowest BCUT2D eigenvalue weighted by Crippen LogP contribution is -2.45. The standard InChI is InChI=1S/C17H25F3N4O.HI/c1-3-21-16(22-10-13-6-4-5-7-15(13)25-2)23-14-8-9-24(11-14)12-17(18,19)20;/h4-7,14H,3,8-12H2,1-2H3,(H2,21,22,23);1H. The molecule has 0 saturated carbocycles. The SMILES string of the molecule is CCNC(=NCc1ccccc1OC)NC1CCN(CC(F)(F)F)C1.I. The van der Waals surface area contributed by atoms with Crippen LogP contribution in [-0.2, 0) is 6.54 Å². The summed E-state index contributed by atoms with van der Waals surface area (Å²) in [6.07, 6.45) is -3.49. The predicted molar refractivity (Wildman–Crippen MR) is 107 cm³/mol. The van der Waals surface area contributed by atoms with E-state index in [4.69, 9.17) is 4.74 Å². The lowest BCUT2D eigenvalue weighted by molar-refractivity contribution is -0.143. The number of alkyl halides is 3. The molecule has 1 aromatic carbocycles. The van der Waals surface area contributed by atoms with E-state index in [2.05, 4.69) is 15.6 Å². The fraction of sp³-hybridized carbons (Fsp3) is 0.588. The van der Waals surface area contributed by atoms with Crippen LogP contribution in [0.2, 0.25) is 0 Å². The molecule has 2 N–H and O–H groups in total. The van der Waals surface area contributed by atoms with Crippen LogP contribution in [0.4, 0.5) is 13.2 Å². The van der Waals surface area contributed by atoms with Crippen LogP contribution in [0, 0.1) is 0 Å². The van der Waals surface area contributed by atoms with Gasteiger partial charge in [-0.3, -0.25) is 4.90 Å². The Kier molecular flexibility index (Phi) is 9.48. The molecule has 0 aliphatic carbocycles. The molecule has 1 aromatic rings. The van der Waals surface area contributed by atoms with Crippen LogP contribution in [0.1, 0.15) is 18.9 Å². The number of nitrogens with one attached hydrogen (secondary N) is 2. The summed E-state index contributed by atoms with van der Waals surface area (Å²) in [6, 6.07) is 7.57. The highest BCUT2D eigenvalue weighted by molar-refractivity contribution is 14.0. The van der Waals surface area contributed by atoms with Crippen molar-refractivity contribution in [3.63, 3.8) is 0 Å². The molecule has 1 fully saturated rings. The number of guanidine groups is 1. The zero-order valence-corrected chi connectivity index (χ0v) is 17.3. The Morgan fingerprint density at radius 1 is 1.35 bits per heavy atom. The summed E-state index contributed by atoms with van der Waals surface area (Å²) in [7, 11) is 1.61. The number of benzene rings is 1. The van der Waals surface area contributed by atoms with Crippen LogP contribution in [0.15, 0.2) is 29.3 Å². The molecule has 2 rings (SSSR count). The molecule has 26 heavy (non-hydrogen) atoms. The first-order valence-electron chi connectivity index (χ1n) is 8.37. The number of rotatable bonds is 6. The van der Waals surface area contributed by atoms with Gasteiger partial charge < -0.3 is 15.4 Å². The van der Waals surface area contributed by atoms with Gasteiger partial charge in [-0.05, 0) is 19.4 Å². The van der Waals surface area contributed by atoms with Crippen LogP contribution < -0.4 is 15.4 Å². The Morgan fingerprint density at radius 2 is 2.08 bits per heavy atom. The molecule has 0 aromatic heterocycles. The van der Waals surface area contributed by atoms with Crippen molar-refractivity contribution in [2.24, 2.45) is 4.99 Å². The Bertz CT molecular complexity index is 583. The number of likely N-dealkylation sites (tertiary alicyclic amines) is 1. The van der Waals surface area contributed by atoms with Crippen molar-refractivity contribution < 1.29 is 17.9 Å². The normalized spacial score (nSPS) is 18.3. The highest BCUT2D eigenvalue weighted by Crippen LogP contribution is 2.20. The number of nitrogens with zero attached hydrogens (tertiary/aromatic N) is 2. The van der Waals surface area contributed by atoms with Gasteiger partial charge in [0.2, 0.25) is 0 Å². The molecular weight excluding hydrogens is 460 g/mol. The van der Waals surface area contributed by atoms with Gasteiger partial charge in [0.25, 0.3) is 0 Å². The van der Waals surface area contributed by atoms with Gasteiger partial charge in [-0.2, -0.15) is 13.2 Å². The first kappa shape index (κ1) is 22.8. The van der Waals surface area contributed by atoms with E-state index in [1.807, 2.05) is 31.2 Å². The molecule has 1 atom stereocenters. The Morgan fingerprint density at radius 3 is 2.73 bits per heavy atom. The van der Waals surface area contributed by atoms with E-state index < -0.39 is 12.7 Å². The van der Waals surface area contributed by atoms with Crippen molar-refractivity contribution in [2.75, 3.05) is 33.3 Å². The van der Waals surface area contributed by atoms with Gasteiger partial charge in [-0.15, -0.1) is 24.0 Å². The topological polar surface area (TPSA) is 48.9 Å². The fourth-order valence-corrected chi connectivity index (χ4v) is 2.86. The minimum Gasteiger partial charge on any atom is -0.496 e. The molecule has 0 amide bonds. The van der Waals surface area contributed by atoms with Crippen LogP contribution in [0.3, 0.4) is 0 Å². The van der Waals surface area contributed by atoms with E-state index in [9.17, 15) is 13.2 Å². The van der Waals surface area contributed by atoms with Crippen molar-refractivity contribution in [1.82, 2.24) is 15.5 Å². The average Bonchev–Trinajstić information content (AvgIpc) is 2.98. The van der Waals surface area contributed by atoms with Gasteiger partial charge in [0.15, 0.2) is 5.96 Å². The molecular formula is C17H26F3IN4O. The number of hydrogen-bond acceptors (Lipinski definition) is 3. The number of para-hydroxylation sites is 1. The average molecular weight is 486 g/mol. The number of aliphatic imine (C=N–C) groups is 1. The second-order valence-electron chi connectivity index (χ2n) is 5.99. The molecule has 148 valence electrons. The van der Waals surface area contributed by atoms with E-state index in [0.29, 0.717) is 38.6 Å². The minimum atomic E-state index is -4.16. The second-order valence-corrected chi connectivity index (χ2v) is 5.99. The summed E-state index contributed by atoms with van der Waals surface area (Å²) in [4.78, 5) is 5.95. The van der Waals surface area contributed by atoms with Gasteiger partial charge in [0, 0.05) is 31.2 Å². The first-order valence-corrected chi connectivity index (χ1v) is 8.37. The van der Waals surface area contributed by atoms with Gasteiger partial charge in [0.1, 0.15) is 5.75 Å². The van der Waals surface area contributed by atoms with Crippen LogP contribution >= 0.6 is 24.0 Å². The maximum Gasteiger partial charge on any atom is 0.401 e. The van der Waals surface area contributed by atoms with Gasteiger partial charge in [-0.1, -0.05) is 18.2 Å². The van der Waals surface area contributed by atoms with Crippen molar-refractivity contribution in [1.29, 1.82) is 0 Å². The van der Waals surface area contributed by atoms with Crippen molar-refractivity contribution >= 4 is 29.9 Å². The zero-order valence-electron chi connectivity index (χ0n) is 15.0. The summed E-state index contributed by atoms with van der Waals surface area (Å²) >= 11 is 0. The number of methoxy groups -OCH3 is 1. The highest BCUT2D eigenvalue weighted by Gasteiger charge is 2.34. The molecule has 9 heteroatoms. The van der Waals surface area contributed by atoms with Crippen LogP contribution in [0.25, 0.3) is 0 Å². The molecule has 0 bridgehead atoms. The molecule has 0 spiro atoms. The molecule has 1 aliphatic heterocycles. The third-order valence-electron chi connectivity index (χ3n) is 3.96. The van der Waals surface area contributed by atoms with Crippen molar-refractivity contribution in [2.45, 2.75) is 32.1 Å². The van der Waals surface area contributed by atoms with E-state index >= 15 is 0 Å². The smallest absolute Gasteiger partial charge is 0.401 e. The molecule has 1 unspecified atom stereocenters. The van der Waals surface area contributed by atoms with Gasteiger partial charge in [-0.25, -0.2) is 4.99 Å². The number of halogens is 4. The molecule has 0 radical (unpaired) electrons. The van der Waals surface area contributed by atoms with E-state index in [0.717, 1.165) is 11.3 Å². The van der Waals surface area contributed by atoms with Crippen LogP contribution in [-0.4, -0.2) is 56.4 Å². The molecule has 1 aliphatic rings. The predicted octanol–water partition coefficient (Wildman–Crippen LogP) is 3.00. The lowest BCUT2D eigenvalue weighted by atomic mass is 10.2. The van der Waals surface area contributed by atoms with E-state index in [1.54, 1.807) is 7.11 Å². The first-order chi connectivity index (χ1) is 11.9. The summed E-state index contributed by atoms with van der Waals surface area (Å²) in [6.45, 7) is 2.99. The number of hydrogen-bond donors (Lipinski definition) is 2. The Labute approximate surface area is 169 Å². The van der Waals surface area contributed by atoms with Crippen LogP contribution in [0.5, 0.6) is 5.75 Å². The maximum atomic E-state index is 12.5. The monoisotopic (exact) mass is 486 g/mol. The van der Waals surface area contributed by atoms with E-state index in [-0.39, 0.29) is 30.0 Å². The summed E-state index contributed by atoms with van der Waals surface area (Å²) in [5.74, 6) is 1.37. The van der Waals surface area contributed by atoms with E-state index in [1.165, 1.54) is 4.90 Å². The summed E-state index contributed by atoms with van der Waals surface area (Å²) in [5.41, 5.74) is 0.951. The zero-order chi connectivity index (χ0) is 18.3. The largest absolute Gasteiger partial charge is 0.496 e. The maximum absolute atomic E-state index is 12.5. The third-order valence-corrected chi connectivity index (χ3v) is 3.96. The summed E-state index contributed by atoms with van der Waals surface area (Å²) < 4.78 is 42.8. The second kappa shape index (κ2) is 10.8. The van der Waals surface area contributed by atoms with Gasteiger partial charge in [0.05, 0.1) is 20.2 Å².